The lowest BCUT2D eigenvalue weighted by Crippen LogP contribution is -2.31. The monoisotopic (exact) mass is 369 g/mol. The Hall–Kier alpha value is -1.43. The summed E-state index contributed by atoms with van der Waals surface area (Å²) >= 11 is 2.15. The number of nitrogens with zero attached hydrogens (tertiary/aromatic N) is 1. The predicted molar refractivity (Wildman–Crippen MR) is 82.9 cm³/mol. The molecule has 19 heavy (non-hydrogen) atoms. The lowest BCUT2D eigenvalue weighted by molar-refractivity contribution is 0.0987. The van der Waals surface area contributed by atoms with Crippen molar-refractivity contribution in [1.29, 1.82) is 0 Å². The van der Waals surface area contributed by atoms with Crippen LogP contribution in [-0.4, -0.2) is 12.5 Å². The van der Waals surface area contributed by atoms with Crippen LogP contribution in [0.4, 0.5) is 10.1 Å². The van der Waals surface area contributed by atoms with E-state index in [4.69, 9.17) is 0 Å². The Morgan fingerprint density at radius 3 is 2.58 bits per heavy atom. The van der Waals surface area contributed by atoms with Crippen LogP contribution in [0.5, 0.6) is 0 Å². The molecule has 0 radical (unpaired) electrons. The van der Waals surface area contributed by atoms with Gasteiger partial charge in [0.15, 0.2) is 0 Å². The van der Waals surface area contributed by atoms with Gasteiger partial charge in [0.2, 0.25) is 0 Å². The summed E-state index contributed by atoms with van der Waals surface area (Å²) in [6.45, 7) is 2.25. The second-order valence-corrected chi connectivity index (χ2v) is 5.26. The molecule has 0 heterocycles. The average Bonchev–Trinajstić information content (AvgIpc) is 2.41. The molecule has 0 aliphatic heterocycles. The van der Waals surface area contributed by atoms with E-state index in [9.17, 15) is 9.18 Å². The van der Waals surface area contributed by atoms with Gasteiger partial charge in [-0.15, -0.1) is 0 Å². The second kappa shape index (κ2) is 6.14. The number of amides is 1. The summed E-state index contributed by atoms with van der Waals surface area (Å²) in [5.74, 6) is -0.575. The fraction of sp³-hybridized carbons (Fsp3) is 0.133. The van der Waals surface area contributed by atoms with Gasteiger partial charge in [-0.3, -0.25) is 4.79 Å². The fourth-order valence-corrected chi connectivity index (χ4v) is 2.41. The third kappa shape index (κ3) is 3.12. The first-order chi connectivity index (χ1) is 9.13. The van der Waals surface area contributed by atoms with Crippen molar-refractivity contribution in [3.63, 3.8) is 0 Å². The number of halogens is 2. The van der Waals surface area contributed by atoms with Gasteiger partial charge >= 0.3 is 0 Å². The molecule has 0 saturated carbocycles. The van der Waals surface area contributed by atoms with E-state index in [2.05, 4.69) is 22.6 Å². The van der Waals surface area contributed by atoms with Gasteiger partial charge in [-0.05, 0) is 59.8 Å². The average molecular weight is 369 g/mol. The first-order valence-electron chi connectivity index (χ1n) is 5.95. The molecule has 2 aromatic rings. The van der Waals surface area contributed by atoms with Crippen LogP contribution in [-0.2, 0) is 0 Å². The minimum absolute atomic E-state index is 0.189. The third-order valence-electron chi connectivity index (χ3n) is 2.78. The van der Waals surface area contributed by atoms with Crippen molar-refractivity contribution in [2.24, 2.45) is 0 Å². The number of carbonyl (C=O) groups is 1. The molecular weight excluding hydrogens is 356 g/mol. The minimum atomic E-state index is -0.386. The van der Waals surface area contributed by atoms with E-state index < -0.39 is 0 Å². The highest BCUT2D eigenvalue weighted by molar-refractivity contribution is 14.1. The quantitative estimate of drug-likeness (QED) is 0.747. The van der Waals surface area contributed by atoms with Crippen molar-refractivity contribution in [2.75, 3.05) is 11.4 Å². The number of anilines is 1. The molecule has 0 N–H and O–H groups in total. The molecular formula is C15H13FINO. The highest BCUT2D eigenvalue weighted by atomic mass is 127. The summed E-state index contributed by atoms with van der Waals surface area (Å²) in [7, 11) is 0. The number of hydrogen-bond donors (Lipinski definition) is 0. The van der Waals surface area contributed by atoms with Crippen LogP contribution >= 0.6 is 22.6 Å². The molecule has 4 heteroatoms. The number of benzene rings is 2. The van der Waals surface area contributed by atoms with E-state index in [1.54, 1.807) is 30.3 Å². The molecule has 0 saturated heterocycles. The third-order valence-corrected chi connectivity index (χ3v) is 3.45. The van der Waals surface area contributed by atoms with Gasteiger partial charge in [0.05, 0.1) is 5.69 Å². The molecule has 1 amide bonds. The standard InChI is InChI=1S/C15H13FINO/c1-2-18(14-9-4-3-8-13(14)16)15(19)11-6-5-7-12(17)10-11/h3-10H,2H2,1H3. The van der Waals surface area contributed by atoms with Gasteiger partial charge < -0.3 is 4.90 Å². The van der Waals surface area contributed by atoms with Crippen molar-refractivity contribution >= 4 is 34.2 Å². The summed E-state index contributed by atoms with van der Waals surface area (Å²) in [5.41, 5.74) is 0.880. The topological polar surface area (TPSA) is 20.3 Å². The zero-order valence-electron chi connectivity index (χ0n) is 10.4. The van der Waals surface area contributed by atoms with Crippen LogP contribution in [0.1, 0.15) is 17.3 Å². The molecule has 2 nitrogen and oxygen atoms in total. The van der Waals surface area contributed by atoms with Crippen LogP contribution in [0.15, 0.2) is 48.5 Å². The van der Waals surface area contributed by atoms with E-state index in [1.807, 2.05) is 19.1 Å². The molecule has 98 valence electrons. The van der Waals surface area contributed by atoms with Crippen LogP contribution in [0, 0.1) is 9.39 Å². The lowest BCUT2D eigenvalue weighted by atomic mass is 10.2. The lowest BCUT2D eigenvalue weighted by Gasteiger charge is -2.21. The summed E-state index contributed by atoms with van der Waals surface area (Å²) in [6, 6.07) is 13.6. The number of hydrogen-bond acceptors (Lipinski definition) is 1. The fourth-order valence-electron chi connectivity index (χ4n) is 1.87. The van der Waals surface area contributed by atoms with Crippen LogP contribution in [0.3, 0.4) is 0 Å². The molecule has 0 spiro atoms. The Kier molecular flexibility index (Phi) is 4.52. The van der Waals surface area contributed by atoms with Gasteiger partial charge in [0.1, 0.15) is 5.82 Å². The van der Waals surface area contributed by atoms with Crippen LogP contribution in [0.2, 0.25) is 0 Å². The maximum Gasteiger partial charge on any atom is 0.258 e. The summed E-state index contributed by atoms with van der Waals surface area (Å²) in [6.07, 6.45) is 0. The Morgan fingerprint density at radius 2 is 1.95 bits per heavy atom. The first-order valence-corrected chi connectivity index (χ1v) is 7.03. The summed E-state index contributed by atoms with van der Waals surface area (Å²) in [4.78, 5) is 13.9. The number of carbonyl (C=O) groups excluding carboxylic acids is 1. The van der Waals surface area contributed by atoms with Crippen molar-refractivity contribution < 1.29 is 9.18 Å². The summed E-state index contributed by atoms with van der Waals surface area (Å²) < 4.78 is 14.8. The normalized spacial score (nSPS) is 10.3. The van der Waals surface area contributed by atoms with Crippen molar-refractivity contribution in [1.82, 2.24) is 0 Å². The summed E-state index contributed by atoms with van der Waals surface area (Å²) in [5, 5.41) is 0. The van der Waals surface area contributed by atoms with Gasteiger partial charge in [-0.2, -0.15) is 0 Å². The predicted octanol–water partition coefficient (Wildman–Crippen LogP) is 4.10. The highest BCUT2D eigenvalue weighted by Crippen LogP contribution is 2.21. The Morgan fingerprint density at radius 1 is 1.21 bits per heavy atom. The molecule has 0 aliphatic rings. The first kappa shape index (κ1) is 14.0. The Labute approximate surface area is 125 Å². The van der Waals surface area contributed by atoms with E-state index >= 15 is 0 Å². The highest BCUT2D eigenvalue weighted by Gasteiger charge is 2.18. The Balaban J connectivity index is 2.38. The second-order valence-electron chi connectivity index (χ2n) is 4.01. The maximum atomic E-state index is 13.8. The molecule has 0 unspecified atom stereocenters. The molecule has 0 aromatic heterocycles. The smallest absolute Gasteiger partial charge is 0.258 e. The number of para-hydroxylation sites is 1. The SMILES string of the molecule is CCN(C(=O)c1cccc(I)c1)c1ccccc1F. The molecule has 0 aliphatic carbocycles. The van der Waals surface area contributed by atoms with Gasteiger partial charge in [0, 0.05) is 15.7 Å². The zero-order chi connectivity index (χ0) is 13.8. The van der Waals surface area contributed by atoms with Crippen molar-refractivity contribution in [3.05, 3.63) is 63.5 Å². The van der Waals surface area contributed by atoms with Crippen molar-refractivity contribution in [2.45, 2.75) is 6.92 Å². The van der Waals surface area contributed by atoms with E-state index in [0.29, 0.717) is 17.8 Å². The van der Waals surface area contributed by atoms with E-state index in [1.165, 1.54) is 11.0 Å². The molecule has 0 atom stereocenters. The van der Waals surface area contributed by atoms with E-state index in [-0.39, 0.29) is 11.7 Å². The van der Waals surface area contributed by atoms with Gasteiger partial charge in [0.25, 0.3) is 5.91 Å². The molecule has 0 bridgehead atoms. The number of rotatable bonds is 3. The largest absolute Gasteiger partial charge is 0.306 e. The van der Waals surface area contributed by atoms with Crippen LogP contribution in [0.25, 0.3) is 0 Å². The molecule has 2 aromatic carbocycles. The van der Waals surface area contributed by atoms with Crippen molar-refractivity contribution in [3.8, 4) is 0 Å². The minimum Gasteiger partial charge on any atom is -0.306 e. The molecule has 0 fully saturated rings. The maximum absolute atomic E-state index is 13.8. The zero-order valence-corrected chi connectivity index (χ0v) is 12.6. The van der Waals surface area contributed by atoms with Crippen LogP contribution < -0.4 is 4.90 Å². The molecule has 2 rings (SSSR count). The van der Waals surface area contributed by atoms with Gasteiger partial charge in [-0.25, -0.2) is 4.39 Å². The van der Waals surface area contributed by atoms with Gasteiger partial charge in [-0.1, -0.05) is 18.2 Å². The Bertz CT molecular complexity index is 600. The van der Waals surface area contributed by atoms with E-state index in [0.717, 1.165) is 3.57 Å².